The van der Waals surface area contributed by atoms with Crippen molar-refractivity contribution in [1.82, 2.24) is 16.0 Å². The molecule has 0 bridgehead atoms. The largest absolute Gasteiger partial charge is 0.494 e. The average molecular weight is 334 g/mol. The van der Waals surface area contributed by atoms with Crippen LogP contribution >= 0.6 is 0 Å². The van der Waals surface area contributed by atoms with E-state index in [4.69, 9.17) is 4.74 Å². The molecule has 0 heterocycles. The van der Waals surface area contributed by atoms with Gasteiger partial charge in [-0.3, -0.25) is 9.79 Å². The SMILES string of the molecule is CCNC(=NCCCOc1ccccc1)NCCNC(=O)C(C)C. The highest BCUT2D eigenvalue weighted by molar-refractivity contribution is 5.80. The van der Waals surface area contributed by atoms with E-state index in [-0.39, 0.29) is 11.8 Å². The Labute approximate surface area is 145 Å². The van der Waals surface area contributed by atoms with Gasteiger partial charge in [0.25, 0.3) is 0 Å². The van der Waals surface area contributed by atoms with Gasteiger partial charge in [-0.05, 0) is 19.1 Å². The first-order chi connectivity index (χ1) is 11.6. The van der Waals surface area contributed by atoms with Crippen LogP contribution in [0.15, 0.2) is 35.3 Å². The normalized spacial score (nSPS) is 11.2. The van der Waals surface area contributed by atoms with E-state index in [0.29, 0.717) is 26.2 Å². The smallest absolute Gasteiger partial charge is 0.222 e. The van der Waals surface area contributed by atoms with Crippen molar-refractivity contribution in [3.63, 3.8) is 0 Å². The van der Waals surface area contributed by atoms with Gasteiger partial charge in [0.15, 0.2) is 5.96 Å². The van der Waals surface area contributed by atoms with Gasteiger partial charge in [0.2, 0.25) is 5.91 Å². The molecule has 3 N–H and O–H groups in total. The van der Waals surface area contributed by atoms with E-state index >= 15 is 0 Å². The summed E-state index contributed by atoms with van der Waals surface area (Å²) in [5.41, 5.74) is 0. The van der Waals surface area contributed by atoms with Gasteiger partial charge in [0.05, 0.1) is 6.61 Å². The summed E-state index contributed by atoms with van der Waals surface area (Å²) in [7, 11) is 0. The van der Waals surface area contributed by atoms with E-state index in [0.717, 1.165) is 24.7 Å². The first-order valence-corrected chi connectivity index (χ1v) is 8.61. The fourth-order valence-electron chi connectivity index (χ4n) is 1.87. The Morgan fingerprint density at radius 2 is 1.83 bits per heavy atom. The summed E-state index contributed by atoms with van der Waals surface area (Å²) >= 11 is 0. The quantitative estimate of drug-likeness (QED) is 0.346. The van der Waals surface area contributed by atoms with E-state index in [1.54, 1.807) is 0 Å². The molecule has 0 saturated carbocycles. The molecule has 0 atom stereocenters. The zero-order chi connectivity index (χ0) is 17.6. The number of carbonyl (C=O) groups excluding carboxylic acids is 1. The van der Waals surface area contributed by atoms with E-state index in [9.17, 15) is 4.79 Å². The lowest BCUT2D eigenvalue weighted by atomic mass is 10.2. The van der Waals surface area contributed by atoms with Gasteiger partial charge < -0.3 is 20.7 Å². The third-order valence-corrected chi connectivity index (χ3v) is 3.17. The maximum absolute atomic E-state index is 11.5. The Morgan fingerprint density at radius 1 is 1.12 bits per heavy atom. The molecule has 6 nitrogen and oxygen atoms in total. The van der Waals surface area contributed by atoms with Crippen LogP contribution in [0.4, 0.5) is 0 Å². The average Bonchev–Trinajstić information content (AvgIpc) is 2.58. The predicted octanol–water partition coefficient (Wildman–Crippen LogP) is 1.78. The first kappa shape index (κ1) is 19.8. The standard InChI is InChI=1S/C18H30N4O2/c1-4-19-18(22-13-12-20-17(23)15(2)3)21-11-8-14-24-16-9-6-5-7-10-16/h5-7,9-10,15H,4,8,11-14H2,1-3H3,(H,20,23)(H2,19,21,22). The van der Waals surface area contributed by atoms with Crippen LogP contribution in [0.3, 0.4) is 0 Å². The lowest BCUT2D eigenvalue weighted by molar-refractivity contribution is -0.123. The van der Waals surface area contributed by atoms with Crippen LogP contribution < -0.4 is 20.7 Å². The second kappa shape index (κ2) is 12.2. The molecule has 134 valence electrons. The van der Waals surface area contributed by atoms with Gasteiger partial charge in [-0.1, -0.05) is 32.0 Å². The lowest BCUT2D eigenvalue weighted by Crippen LogP contribution is -2.42. The van der Waals surface area contributed by atoms with Crippen molar-refractivity contribution >= 4 is 11.9 Å². The number of nitrogens with one attached hydrogen (secondary N) is 3. The zero-order valence-corrected chi connectivity index (χ0v) is 15.0. The fraction of sp³-hybridized carbons (Fsp3) is 0.556. The van der Waals surface area contributed by atoms with Crippen molar-refractivity contribution in [3.05, 3.63) is 30.3 Å². The maximum atomic E-state index is 11.5. The van der Waals surface area contributed by atoms with E-state index in [1.165, 1.54) is 0 Å². The summed E-state index contributed by atoms with van der Waals surface area (Å²) < 4.78 is 5.64. The fourth-order valence-corrected chi connectivity index (χ4v) is 1.87. The minimum atomic E-state index is 0.0107. The highest BCUT2D eigenvalue weighted by Gasteiger charge is 2.05. The van der Waals surface area contributed by atoms with Crippen LogP contribution in [0.2, 0.25) is 0 Å². The number of benzene rings is 1. The van der Waals surface area contributed by atoms with E-state index in [2.05, 4.69) is 20.9 Å². The summed E-state index contributed by atoms with van der Waals surface area (Å²) in [6.45, 7) is 9.12. The van der Waals surface area contributed by atoms with Gasteiger partial charge in [-0.25, -0.2) is 0 Å². The summed E-state index contributed by atoms with van der Waals surface area (Å²) in [5.74, 6) is 1.72. The highest BCUT2D eigenvalue weighted by Crippen LogP contribution is 2.08. The first-order valence-electron chi connectivity index (χ1n) is 8.61. The third-order valence-electron chi connectivity index (χ3n) is 3.17. The van der Waals surface area contributed by atoms with E-state index in [1.807, 2.05) is 51.1 Å². The van der Waals surface area contributed by atoms with Crippen LogP contribution in [-0.4, -0.2) is 44.7 Å². The molecule has 0 spiro atoms. The predicted molar refractivity (Wildman–Crippen MR) is 98.4 cm³/mol. The number of rotatable bonds is 10. The van der Waals surface area contributed by atoms with Gasteiger partial charge in [-0.15, -0.1) is 0 Å². The Hall–Kier alpha value is -2.24. The second-order valence-electron chi connectivity index (χ2n) is 5.65. The molecule has 1 aromatic rings. The molecule has 0 unspecified atom stereocenters. The van der Waals surface area contributed by atoms with E-state index < -0.39 is 0 Å². The van der Waals surface area contributed by atoms with Crippen molar-refractivity contribution < 1.29 is 9.53 Å². The summed E-state index contributed by atoms with van der Waals surface area (Å²) in [5, 5.41) is 9.26. The lowest BCUT2D eigenvalue weighted by Gasteiger charge is -2.12. The van der Waals surface area contributed by atoms with Crippen molar-refractivity contribution in [2.45, 2.75) is 27.2 Å². The third kappa shape index (κ3) is 9.02. The topological polar surface area (TPSA) is 74.8 Å². The molecule has 24 heavy (non-hydrogen) atoms. The Kier molecular flexibility index (Phi) is 10.1. The minimum Gasteiger partial charge on any atom is -0.494 e. The van der Waals surface area contributed by atoms with Crippen molar-refractivity contribution in [2.24, 2.45) is 10.9 Å². The second-order valence-corrected chi connectivity index (χ2v) is 5.65. The number of carbonyl (C=O) groups is 1. The molecule has 0 aliphatic heterocycles. The molecule has 0 saturated heterocycles. The number of aliphatic imine (C=N–C) groups is 1. The Balaban J connectivity index is 2.20. The molecule has 1 aromatic carbocycles. The number of hydrogen-bond acceptors (Lipinski definition) is 3. The molecular formula is C18H30N4O2. The number of nitrogens with zero attached hydrogens (tertiary/aromatic N) is 1. The molecule has 6 heteroatoms. The zero-order valence-electron chi connectivity index (χ0n) is 15.0. The molecular weight excluding hydrogens is 304 g/mol. The number of ether oxygens (including phenoxy) is 1. The molecule has 0 fully saturated rings. The van der Waals surface area contributed by atoms with Crippen LogP contribution in [0.5, 0.6) is 5.75 Å². The van der Waals surface area contributed by atoms with Gasteiger partial charge in [0, 0.05) is 38.5 Å². The summed E-state index contributed by atoms with van der Waals surface area (Å²) in [6, 6.07) is 9.77. The monoisotopic (exact) mass is 334 g/mol. The Morgan fingerprint density at radius 3 is 2.50 bits per heavy atom. The molecule has 0 aromatic heterocycles. The van der Waals surface area contributed by atoms with Crippen LogP contribution in [0.25, 0.3) is 0 Å². The molecule has 1 rings (SSSR count). The summed E-state index contributed by atoms with van der Waals surface area (Å²) in [6.07, 6.45) is 0.843. The van der Waals surface area contributed by atoms with Crippen molar-refractivity contribution in [2.75, 3.05) is 32.8 Å². The number of hydrogen-bond donors (Lipinski definition) is 3. The van der Waals surface area contributed by atoms with Crippen LogP contribution in [0, 0.1) is 5.92 Å². The summed E-state index contributed by atoms with van der Waals surface area (Å²) in [4.78, 5) is 16.0. The number of amides is 1. The van der Waals surface area contributed by atoms with Crippen LogP contribution in [-0.2, 0) is 4.79 Å². The maximum Gasteiger partial charge on any atom is 0.222 e. The van der Waals surface area contributed by atoms with Crippen molar-refractivity contribution in [1.29, 1.82) is 0 Å². The van der Waals surface area contributed by atoms with Gasteiger partial charge in [-0.2, -0.15) is 0 Å². The molecule has 1 amide bonds. The molecule has 0 aliphatic rings. The molecule has 0 aliphatic carbocycles. The molecule has 0 radical (unpaired) electrons. The van der Waals surface area contributed by atoms with Gasteiger partial charge >= 0.3 is 0 Å². The number of guanidine groups is 1. The van der Waals surface area contributed by atoms with Crippen LogP contribution in [0.1, 0.15) is 27.2 Å². The van der Waals surface area contributed by atoms with Gasteiger partial charge in [0.1, 0.15) is 5.75 Å². The number of para-hydroxylation sites is 1. The Bertz CT molecular complexity index is 489. The minimum absolute atomic E-state index is 0.0107. The highest BCUT2D eigenvalue weighted by atomic mass is 16.5. The van der Waals surface area contributed by atoms with Crippen molar-refractivity contribution in [3.8, 4) is 5.75 Å².